The maximum Gasteiger partial charge on any atom is 0.306 e. The average Bonchev–Trinajstić information content (AvgIpc) is 2.65. The van der Waals surface area contributed by atoms with E-state index in [1.165, 1.54) is 0 Å². The summed E-state index contributed by atoms with van der Waals surface area (Å²) in [5.74, 6) is -2.80. The first kappa shape index (κ1) is 23.4. The summed E-state index contributed by atoms with van der Waals surface area (Å²) in [4.78, 5) is 23.6. The first-order valence-electron chi connectivity index (χ1n) is 11.1. The third kappa shape index (κ3) is 6.13. The highest BCUT2D eigenvalue weighted by molar-refractivity contribution is 5.77. The molecule has 0 radical (unpaired) electrons. The Morgan fingerprint density at radius 1 is 1.07 bits per heavy atom. The first-order valence-corrected chi connectivity index (χ1v) is 11.1. The maximum absolute atomic E-state index is 12.7. The molecule has 4 rings (SSSR count). The number of carbonyl (C=O) groups excluding carboxylic acids is 2. The standard InChI is InChI=1S/C22H34F2O6/c1-4-27-14(2)30-20-16-7-15-8-17(20)11-22(9-15,10-16)13-29-19(26)6-5-18(25)28-12-21(3,23)24/h14-17,20H,4-13H2,1-3H3. The van der Waals surface area contributed by atoms with Crippen molar-refractivity contribution in [3.63, 3.8) is 0 Å². The van der Waals surface area contributed by atoms with Gasteiger partial charge in [-0.05, 0) is 63.7 Å². The zero-order valence-corrected chi connectivity index (χ0v) is 18.2. The molecule has 0 heterocycles. The Kier molecular flexibility index (Phi) is 7.38. The van der Waals surface area contributed by atoms with Crippen LogP contribution in [0.4, 0.5) is 8.78 Å². The fourth-order valence-corrected chi connectivity index (χ4v) is 5.83. The van der Waals surface area contributed by atoms with E-state index in [9.17, 15) is 18.4 Å². The van der Waals surface area contributed by atoms with Crippen LogP contribution in [0.1, 0.15) is 65.7 Å². The van der Waals surface area contributed by atoms with Gasteiger partial charge in [-0.3, -0.25) is 9.59 Å². The number of alkyl halides is 2. The van der Waals surface area contributed by atoms with Crippen molar-refractivity contribution >= 4 is 11.9 Å². The summed E-state index contributed by atoms with van der Waals surface area (Å²) in [6, 6.07) is 0. The molecule has 8 heteroatoms. The fraction of sp³-hybridized carbons (Fsp3) is 0.909. The molecule has 0 saturated heterocycles. The van der Waals surface area contributed by atoms with Crippen LogP contribution in [0.5, 0.6) is 0 Å². The largest absolute Gasteiger partial charge is 0.465 e. The van der Waals surface area contributed by atoms with Crippen molar-refractivity contribution in [3.05, 3.63) is 0 Å². The lowest BCUT2D eigenvalue weighted by molar-refractivity contribution is -0.235. The second-order valence-corrected chi connectivity index (χ2v) is 9.49. The molecule has 0 aliphatic heterocycles. The molecule has 4 aliphatic carbocycles. The summed E-state index contributed by atoms with van der Waals surface area (Å²) in [6.07, 6.45) is 4.92. The molecule has 4 bridgehead atoms. The molecule has 3 atom stereocenters. The fourth-order valence-electron chi connectivity index (χ4n) is 5.83. The normalized spacial score (nSPS) is 33.4. The van der Waals surface area contributed by atoms with Crippen molar-refractivity contribution in [2.45, 2.75) is 84.0 Å². The molecule has 0 aromatic carbocycles. The molecule has 0 amide bonds. The monoisotopic (exact) mass is 432 g/mol. The Bertz CT molecular complexity index is 603. The summed E-state index contributed by atoms with van der Waals surface area (Å²) in [5.41, 5.74) is -0.00829. The van der Waals surface area contributed by atoms with Crippen LogP contribution in [0, 0.1) is 23.2 Å². The van der Waals surface area contributed by atoms with Gasteiger partial charge in [0.25, 0.3) is 5.92 Å². The van der Waals surface area contributed by atoms with E-state index in [2.05, 4.69) is 4.74 Å². The topological polar surface area (TPSA) is 71.1 Å². The van der Waals surface area contributed by atoms with Gasteiger partial charge in [-0.25, -0.2) is 8.78 Å². The average molecular weight is 433 g/mol. The summed E-state index contributed by atoms with van der Waals surface area (Å²) in [6.45, 7) is 4.58. The molecule has 0 N–H and O–H groups in total. The Balaban J connectivity index is 1.44. The number of ether oxygens (including phenoxy) is 4. The third-order valence-electron chi connectivity index (χ3n) is 6.62. The third-order valence-corrected chi connectivity index (χ3v) is 6.62. The molecule has 4 fully saturated rings. The maximum atomic E-state index is 12.7. The number of halogens is 2. The highest BCUT2D eigenvalue weighted by atomic mass is 19.3. The van der Waals surface area contributed by atoms with Crippen LogP contribution < -0.4 is 0 Å². The van der Waals surface area contributed by atoms with Crippen LogP contribution >= 0.6 is 0 Å². The minimum atomic E-state index is -3.07. The second-order valence-electron chi connectivity index (χ2n) is 9.49. The van der Waals surface area contributed by atoms with Gasteiger partial charge >= 0.3 is 11.9 Å². The Hall–Kier alpha value is -1.28. The lowest BCUT2D eigenvalue weighted by Gasteiger charge is -2.59. The quantitative estimate of drug-likeness (QED) is 0.362. The second kappa shape index (κ2) is 9.47. The number of hydrogen-bond acceptors (Lipinski definition) is 6. The molecule has 0 aromatic rings. The number of esters is 2. The molecule has 3 unspecified atom stereocenters. The van der Waals surface area contributed by atoms with Gasteiger partial charge in [0.1, 0.15) is 0 Å². The molecule has 4 aliphatic rings. The Morgan fingerprint density at radius 2 is 1.67 bits per heavy atom. The van der Waals surface area contributed by atoms with Gasteiger partial charge < -0.3 is 18.9 Å². The summed E-state index contributed by atoms with van der Waals surface area (Å²) >= 11 is 0. The van der Waals surface area contributed by atoms with E-state index in [1.54, 1.807) is 0 Å². The van der Waals surface area contributed by atoms with Crippen LogP contribution in [-0.4, -0.2) is 50.1 Å². The molecular formula is C22H34F2O6. The van der Waals surface area contributed by atoms with Crippen LogP contribution in [0.2, 0.25) is 0 Å². The van der Waals surface area contributed by atoms with E-state index in [1.807, 2.05) is 13.8 Å². The summed E-state index contributed by atoms with van der Waals surface area (Å²) in [5, 5.41) is 0. The van der Waals surface area contributed by atoms with E-state index in [0.717, 1.165) is 32.1 Å². The minimum absolute atomic E-state index is 0.00829. The van der Waals surface area contributed by atoms with E-state index in [0.29, 0.717) is 37.9 Å². The zero-order chi connectivity index (χ0) is 21.9. The number of hydrogen-bond donors (Lipinski definition) is 0. The van der Waals surface area contributed by atoms with Gasteiger partial charge in [0.15, 0.2) is 12.9 Å². The van der Waals surface area contributed by atoms with Crippen LogP contribution in [0.25, 0.3) is 0 Å². The zero-order valence-electron chi connectivity index (χ0n) is 18.2. The van der Waals surface area contributed by atoms with Gasteiger partial charge in [-0.15, -0.1) is 0 Å². The molecule has 172 valence electrons. The smallest absolute Gasteiger partial charge is 0.306 e. The number of carbonyl (C=O) groups is 2. The SMILES string of the molecule is CCOC(C)OC1C2CC3CC1CC(COC(=O)CCC(=O)OCC(C)(F)F)(C3)C2. The van der Waals surface area contributed by atoms with E-state index >= 15 is 0 Å². The number of rotatable bonds is 11. The van der Waals surface area contributed by atoms with E-state index in [4.69, 9.17) is 14.2 Å². The van der Waals surface area contributed by atoms with E-state index in [-0.39, 0.29) is 30.7 Å². The lowest BCUT2D eigenvalue weighted by Crippen LogP contribution is -2.56. The van der Waals surface area contributed by atoms with E-state index < -0.39 is 24.5 Å². The Morgan fingerprint density at radius 3 is 2.23 bits per heavy atom. The Labute approximate surface area is 176 Å². The first-order chi connectivity index (χ1) is 14.1. The van der Waals surface area contributed by atoms with Crippen molar-refractivity contribution in [2.24, 2.45) is 23.2 Å². The van der Waals surface area contributed by atoms with Crippen LogP contribution in [0.15, 0.2) is 0 Å². The summed E-state index contributed by atoms with van der Waals surface area (Å²) < 4.78 is 47.2. The molecular weight excluding hydrogens is 398 g/mol. The highest BCUT2D eigenvalue weighted by Gasteiger charge is 2.56. The highest BCUT2D eigenvalue weighted by Crippen LogP contribution is 2.61. The molecule has 6 nitrogen and oxygen atoms in total. The minimum Gasteiger partial charge on any atom is -0.465 e. The lowest BCUT2D eigenvalue weighted by atomic mass is 9.49. The summed E-state index contributed by atoms with van der Waals surface area (Å²) in [7, 11) is 0. The van der Waals surface area contributed by atoms with Gasteiger partial charge in [-0.2, -0.15) is 0 Å². The molecule has 0 aromatic heterocycles. The van der Waals surface area contributed by atoms with Gasteiger partial charge in [-0.1, -0.05) is 0 Å². The van der Waals surface area contributed by atoms with Crippen LogP contribution in [0.3, 0.4) is 0 Å². The van der Waals surface area contributed by atoms with Gasteiger partial charge in [0, 0.05) is 18.9 Å². The van der Waals surface area contributed by atoms with Crippen molar-refractivity contribution in [1.82, 2.24) is 0 Å². The van der Waals surface area contributed by atoms with Crippen molar-refractivity contribution in [2.75, 3.05) is 19.8 Å². The van der Waals surface area contributed by atoms with Gasteiger partial charge in [0.05, 0.1) is 25.6 Å². The molecule has 4 saturated carbocycles. The van der Waals surface area contributed by atoms with Crippen molar-refractivity contribution < 1.29 is 37.3 Å². The predicted octanol–water partition coefficient (Wildman–Crippen LogP) is 4.10. The van der Waals surface area contributed by atoms with Crippen molar-refractivity contribution in [3.8, 4) is 0 Å². The van der Waals surface area contributed by atoms with Crippen LogP contribution in [-0.2, 0) is 28.5 Å². The molecule has 0 spiro atoms. The molecule has 30 heavy (non-hydrogen) atoms. The van der Waals surface area contributed by atoms with Gasteiger partial charge in [0.2, 0.25) is 0 Å². The van der Waals surface area contributed by atoms with Crippen molar-refractivity contribution in [1.29, 1.82) is 0 Å². The predicted molar refractivity (Wildman–Crippen MR) is 104 cm³/mol.